The average molecular weight is 440 g/mol. The molecular weight excluding hydrogens is 415 g/mol. The van der Waals surface area contributed by atoms with E-state index in [1.807, 2.05) is 25.7 Å². The zero-order valence-electron chi connectivity index (χ0n) is 14.8. The largest absolute Gasteiger partial charge is 0.444 e. The van der Waals surface area contributed by atoms with Crippen LogP contribution in [0.1, 0.15) is 45.1 Å². The number of hydrogen-bond donors (Lipinski definition) is 0. The molecule has 130 valence electrons. The van der Waals surface area contributed by atoms with Crippen molar-refractivity contribution in [3.8, 4) is 0 Å². The van der Waals surface area contributed by atoms with Crippen LogP contribution < -0.4 is 0 Å². The van der Waals surface area contributed by atoms with E-state index in [1.54, 1.807) is 0 Å². The number of carbonyl (C=O) groups is 1. The fourth-order valence-corrected chi connectivity index (χ4v) is 4.20. The molecule has 0 spiro atoms. The maximum Gasteiger partial charge on any atom is 0.410 e. The zero-order chi connectivity index (χ0) is 17.5. The van der Waals surface area contributed by atoms with Crippen molar-refractivity contribution in [3.63, 3.8) is 0 Å². The van der Waals surface area contributed by atoms with E-state index in [4.69, 9.17) is 4.74 Å². The molecule has 0 radical (unpaired) electrons. The molecule has 1 aliphatic heterocycles. The van der Waals surface area contributed by atoms with Crippen molar-refractivity contribution < 1.29 is 9.53 Å². The van der Waals surface area contributed by atoms with Gasteiger partial charge < -0.3 is 14.2 Å². The van der Waals surface area contributed by atoms with Crippen LogP contribution in [0.3, 0.4) is 0 Å². The van der Waals surface area contributed by atoms with Crippen molar-refractivity contribution in [1.82, 2.24) is 9.47 Å². The number of benzene rings is 1. The van der Waals surface area contributed by atoms with Gasteiger partial charge in [0.05, 0.1) is 0 Å². The quantitative estimate of drug-likeness (QED) is 0.592. The minimum Gasteiger partial charge on any atom is -0.444 e. The van der Waals surface area contributed by atoms with Gasteiger partial charge in [-0.3, -0.25) is 0 Å². The summed E-state index contributed by atoms with van der Waals surface area (Å²) in [5.41, 5.74) is 2.23. The van der Waals surface area contributed by atoms with Gasteiger partial charge in [-0.25, -0.2) is 4.79 Å². The van der Waals surface area contributed by atoms with Crippen molar-refractivity contribution in [3.05, 3.63) is 33.5 Å². The molecule has 1 amide bonds. The first-order valence-corrected chi connectivity index (χ1v) is 9.55. The molecule has 0 saturated carbocycles. The predicted molar refractivity (Wildman–Crippen MR) is 105 cm³/mol. The second-order valence-electron chi connectivity index (χ2n) is 7.61. The highest BCUT2D eigenvalue weighted by Gasteiger charge is 2.27. The van der Waals surface area contributed by atoms with Crippen molar-refractivity contribution in [2.75, 3.05) is 13.1 Å². The summed E-state index contributed by atoms with van der Waals surface area (Å²) in [6.07, 6.45) is 3.96. The second kappa shape index (κ2) is 6.58. The normalized spacial score (nSPS) is 16.6. The van der Waals surface area contributed by atoms with Crippen LogP contribution >= 0.6 is 22.6 Å². The van der Waals surface area contributed by atoms with Gasteiger partial charge in [-0.2, -0.15) is 0 Å². The van der Waals surface area contributed by atoms with Gasteiger partial charge >= 0.3 is 6.09 Å². The molecule has 0 atom stereocenters. The molecule has 0 aliphatic carbocycles. The number of rotatable bonds is 1. The number of carbonyl (C=O) groups excluding carboxylic acids is 1. The molecule has 1 fully saturated rings. The van der Waals surface area contributed by atoms with Crippen LogP contribution in [0.5, 0.6) is 0 Å². The Balaban J connectivity index is 1.69. The summed E-state index contributed by atoms with van der Waals surface area (Å²) in [4.78, 5) is 14.0. The van der Waals surface area contributed by atoms with E-state index >= 15 is 0 Å². The lowest BCUT2D eigenvalue weighted by Gasteiger charge is -2.33. The monoisotopic (exact) mass is 440 g/mol. The van der Waals surface area contributed by atoms with Crippen molar-refractivity contribution in [1.29, 1.82) is 0 Å². The highest BCUT2D eigenvalue weighted by atomic mass is 127. The third-order valence-corrected chi connectivity index (χ3v) is 5.44. The molecule has 4 nitrogen and oxygen atoms in total. The van der Waals surface area contributed by atoms with Crippen molar-refractivity contribution in [2.24, 2.45) is 7.05 Å². The van der Waals surface area contributed by atoms with Crippen LogP contribution in [0.4, 0.5) is 4.79 Å². The Labute approximate surface area is 157 Å². The van der Waals surface area contributed by atoms with Crippen molar-refractivity contribution >= 4 is 39.6 Å². The van der Waals surface area contributed by atoms with E-state index in [2.05, 4.69) is 58.6 Å². The number of aryl methyl sites for hydroxylation is 1. The number of piperidine rings is 1. The highest BCUT2D eigenvalue weighted by Crippen LogP contribution is 2.32. The van der Waals surface area contributed by atoms with Gasteiger partial charge in [-0.05, 0) is 73.8 Å². The average Bonchev–Trinajstić information content (AvgIpc) is 2.80. The van der Waals surface area contributed by atoms with E-state index in [0.717, 1.165) is 25.9 Å². The molecule has 3 rings (SSSR count). The molecule has 24 heavy (non-hydrogen) atoms. The summed E-state index contributed by atoms with van der Waals surface area (Å²) in [6, 6.07) is 6.79. The first-order valence-electron chi connectivity index (χ1n) is 8.47. The Bertz CT molecular complexity index is 753. The summed E-state index contributed by atoms with van der Waals surface area (Å²) in [7, 11) is 2.10. The fraction of sp³-hybridized carbons (Fsp3) is 0.526. The fourth-order valence-electron chi connectivity index (χ4n) is 3.33. The topological polar surface area (TPSA) is 34.5 Å². The van der Waals surface area contributed by atoms with Gasteiger partial charge in [-0.15, -0.1) is 0 Å². The number of aromatic nitrogens is 1. The second-order valence-corrected chi connectivity index (χ2v) is 8.77. The Hall–Kier alpha value is -1.24. The molecule has 2 heterocycles. The summed E-state index contributed by atoms with van der Waals surface area (Å²) < 4.78 is 8.96. The third kappa shape index (κ3) is 3.71. The van der Waals surface area contributed by atoms with E-state index in [9.17, 15) is 4.79 Å². The van der Waals surface area contributed by atoms with Crippen molar-refractivity contribution in [2.45, 2.75) is 45.1 Å². The zero-order valence-corrected chi connectivity index (χ0v) is 17.0. The summed E-state index contributed by atoms with van der Waals surface area (Å²) >= 11 is 2.39. The van der Waals surface area contributed by atoms with Crippen LogP contribution in [0, 0.1) is 3.57 Å². The van der Waals surface area contributed by atoms with Crippen LogP contribution in [-0.4, -0.2) is 34.3 Å². The molecule has 0 N–H and O–H groups in total. The van der Waals surface area contributed by atoms with Gasteiger partial charge in [0.15, 0.2) is 0 Å². The summed E-state index contributed by atoms with van der Waals surface area (Å²) in [6.45, 7) is 7.26. The number of fused-ring (bicyclic) bond motifs is 1. The standard InChI is InChI=1S/C19H25IN2O2/c1-19(2,3)24-18(23)22-9-7-13(8-10-22)14-5-6-15-16(20)12-21(4)17(15)11-14/h5-6,11-13H,7-10H2,1-4H3. The number of likely N-dealkylation sites (tertiary alicyclic amines) is 1. The first-order chi connectivity index (χ1) is 11.2. The number of ether oxygens (including phenoxy) is 1. The highest BCUT2D eigenvalue weighted by molar-refractivity contribution is 14.1. The molecule has 1 aromatic heterocycles. The molecule has 1 aliphatic rings. The van der Waals surface area contributed by atoms with Gasteiger partial charge in [0, 0.05) is 40.8 Å². The Morgan fingerprint density at radius 3 is 2.54 bits per heavy atom. The smallest absolute Gasteiger partial charge is 0.410 e. The minimum absolute atomic E-state index is 0.187. The van der Waals surface area contributed by atoms with E-state index in [0.29, 0.717) is 5.92 Å². The molecule has 0 unspecified atom stereocenters. The molecular formula is C19H25IN2O2. The van der Waals surface area contributed by atoms with Gasteiger partial charge in [-0.1, -0.05) is 12.1 Å². The summed E-state index contributed by atoms with van der Waals surface area (Å²) in [5, 5.41) is 1.31. The Morgan fingerprint density at radius 2 is 1.92 bits per heavy atom. The van der Waals surface area contributed by atoms with E-state index < -0.39 is 5.60 Å². The number of amides is 1. The number of nitrogens with zero attached hydrogens (tertiary/aromatic N) is 2. The predicted octanol–water partition coefficient (Wildman–Crippen LogP) is 4.90. The van der Waals surface area contributed by atoms with Crippen LogP contribution in [0.15, 0.2) is 24.4 Å². The molecule has 1 aromatic carbocycles. The molecule has 0 bridgehead atoms. The van der Waals surface area contributed by atoms with E-state index in [-0.39, 0.29) is 6.09 Å². The van der Waals surface area contributed by atoms with Crippen LogP contribution in [0.2, 0.25) is 0 Å². The maximum absolute atomic E-state index is 12.2. The van der Waals surface area contributed by atoms with Gasteiger partial charge in [0.2, 0.25) is 0 Å². The lowest BCUT2D eigenvalue weighted by Crippen LogP contribution is -2.41. The minimum atomic E-state index is -0.428. The lowest BCUT2D eigenvalue weighted by molar-refractivity contribution is 0.0205. The van der Waals surface area contributed by atoms with Gasteiger partial charge in [0.1, 0.15) is 5.60 Å². The molecule has 5 heteroatoms. The Morgan fingerprint density at radius 1 is 1.25 bits per heavy atom. The maximum atomic E-state index is 12.2. The Kier molecular flexibility index (Phi) is 4.82. The first kappa shape index (κ1) is 17.6. The molecule has 1 saturated heterocycles. The summed E-state index contributed by atoms with van der Waals surface area (Å²) in [5.74, 6) is 0.514. The lowest BCUT2D eigenvalue weighted by atomic mass is 9.89. The number of hydrogen-bond acceptors (Lipinski definition) is 2. The number of halogens is 1. The van der Waals surface area contributed by atoms with E-state index in [1.165, 1.54) is 20.0 Å². The van der Waals surface area contributed by atoms with Crippen LogP contribution in [-0.2, 0) is 11.8 Å². The van der Waals surface area contributed by atoms with Crippen LogP contribution in [0.25, 0.3) is 10.9 Å². The third-order valence-electron chi connectivity index (χ3n) is 4.58. The molecule has 2 aromatic rings. The SMILES string of the molecule is Cn1cc(I)c2ccc(C3CCN(C(=O)OC(C)(C)C)CC3)cc21. The van der Waals surface area contributed by atoms with Gasteiger partial charge in [0.25, 0.3) is 0 Å².